The number of aryl methyl sites for hydroxylation is 1. The number of nitrogens with two attached hydrogens (primary N) is 1. The van der Waals surface area contributed by atoms with Gasteiger partial charge in [-0.15, -0.1) is 0 Å². The molecule has 4 nitrogen and oxygen atoms in total. The molecule has 3 rings (SSSR count). The van der Waals surface area contributed by atoms with Crippen molar-refractivity contribution in [2.75, 3.05) is 0 Å². The number of carbonyl (C=O) groups is 1. The maximum absolute atomic E-state index is 10.6. The molecule has 2 atom stereocenters. The maximum Gasteiger partial charge on any atom is 0.337 e. The van der Waals surface area contributed by atoms with Crippen LogP contribution in [0.3, 0.4) is 0 Å². The SMILES string of the molecule is Cc1cccc([C@H](C)N)c1.O=C(O)[C@@H](O)c1ccc2ccccc2c1. The third kappa shape index (κ3) is 5.14. The summed E-state index contributed by atoms with van der Waals surface area (Å²) in [4.78, 5) is 10.6. The number of fused-ring (bicyclic) bond motifs is 1. The first-order valence-electron chi connectivity index (χ1n) is 8.10. The van der Waals surface area contributed by atoms with Crippen molar-refractivity contribution in [3.8, 4) is 0 Å². The van der Waals surface area contributed by atoms with Crippen molar-refractivity contribution >= 4 is 16.7 Å². The van der Waals surface area contributed by atoms with Gasteiger partial charge in [0.1, 0.15) is 0 Å². The molecule has 0 aliphatic heterocycles. The summed E-state index contributed by atoms with van der Waals surface area (Å²) in [7, 11) is 0. The minimum Gasteiger partial charge on any atom is -0.479 e. The fourth-order valence-electron chi connectivity index (χ4n) is 2.47. The van der Waals surface area contributed by atoms with Crippen LogP contribution in [0.1, 0.15) is 35.8 Å². The van der Waals surface area contributed by atoms with Crippen molar-refractivity contribution in [3.05, 3.63) is 83.4 Å². The fraction of sp³-hybridized carbons (Fsp3) is 0.190. The number of carboxylic acid groups (broad SMARTS) is 1. The summed E-state index contributed by atoms with van der Waals surface area (Å²) in [6.45, 7) is 4.07. The van der Waals surface area contributed by atoms with E-state index in [1.165, 1.54) is 11.1 Å². The van der Waals surface area contributed by atoms with Gasteiger partial charge in [-0.25, -0.2) is 4.79 Å². The van der Waals surface area contributed by atoms with Gasteiger partial charge in [0.25, 0.3) is 0 Å². The molecule has 0 fully saturated rings. The minimum atomic E-state index is -1.45. The summed E-state index contributed by atoms with van der Waals surface area (Å²) in [5.74, 6) is -1.23. The van der Waals surface area contributed by atoms with Gasteiger partial charge in [0.15, 0.2) is 6.10 Å². The van der Waals surface area contributed by atoms with Gasteiger partial charge in [-0.2, -0.15) is 0 Å². The second kappa shape index (κ2) is 8.42. The highest BCUT2D eigenvalue weighted by Gasteiger charge is 2.15. The first-order valence-corrected chi connectivity index (χ1v) is 8.10. The van der Waals surface area contributed by atoms with Gasteiger partial charge in [0, 0.05) is 6.04 Å². The average Bonchev–Trinajstić information content (AvgIpc) is 2.61. The number of rotatable bonds is 3. The lowest BCUT2D eigenvalue weighted by atomic mass is 10.0. The molecule has 0 saturated carbocycles. The fourth-order valence-corrected chi connectivity index (χ4v) is 2.47. The Kier molecular flexibility index (Phi) is 6.28. The lowest BCUT2D eigenvalue weighted by Gasteiger charge is -2.06. The Hall–Kier alpha value is -2.69. The zero-order valence-electron chi connectivity index (χ0n) is 14.4. The Balaban J connectivity index is 0.000000196. The van der Waals surface area contributed by atoms with E-state index in [1.54, 1.807) is 18.2 Å². The third-order valence-corrected chi connectivity index (χ3v) is 3.89. The van der Waals surface area contributed by atoms with Crippen LogP contribution in [0.15, 0.2) is 66.7 Å². The molecule has 4 N–H and O–H groups in total. The second-order valence-electron chi connectivity index (χ2n) is 6.05. The van der Waals surface area contributed by atoms with E-state index >= 15 is 0 Å². The number of hydrogen-bond acceptors (Lipinski definition) is 3. The van der Waals surface area contributed by atoms with Crippen molar-refractivity contribution in [1.82, 2.24) is 0 Å². The molecule has 0 aromatic heterocycles. The van der Waals surface area contributed by atoms with Gasteiger partial charge in [-0.3, -0.25) is 0 Å². The van der Waals surface area contributed by atoms with Crippen molar-refractivity contribution in [3.63, 3.8) is 0 Å². The van der Waals surface area contributed by atoms with Gasteiger partial charge in [-0.05, 0) is 41.8 Å². The van der Waals surface area contributed by atoms with Crippen LogP contribution >= 0.6 is 0 Å². The van der Waals surface area contributed by atoms with Gasteiger partial charge in [0.05, 0.1) is 0 Å². The Bertz CT molecular complexity index is 858. The van der Waals surface area contributed by atoms with Crippen molar-refractivity contribution in [2.24, 2.45) is 5.73 Å². The highest BCUT2D eigenvalue weighted by Crippen LogP contribution is 2.20. The average molecular weight is 337 g/mol. The summed E-state index contributed by atoms with van der Waals surface area (Å²) in [5.41, 5.74) is 8.57. The van der Waals surface area contributed by atoms with Gasteiger partial charge < -0.3 is 15.9 Å². The number of carboxylic acids is 1. The Morgan fingerprint density at radius 1 is 0.920 bits per heavy atom. The first-order chi connectivity index (χ1) is 11.9. The predicted octanol–water partition coefficient (Wildman–Crippen LogP) is 3.97. The van der Waals surface area contributed by atoms with E-state index in [2.05, 4.69) is 25.1 Å². The first kappa shape index (κ1) is 18.6. The van der Waals surface area contributed by atoms with Crippen LogP contribution < -0.4 is 5.73 Å². The summed E-state index contributed by atoms with van der Waals surface area (Å²) in [6, 6.07) is 21.2. The molecule has 0 bridgehead atoms. The topological polar surface area (TPSA) is 83.6 Å². The Morgan fingerprint density at radius 2 is 1.60 bits per heavy atom. The van der Waals surface area contributed by atoms with Gasteiger partial charge in [0.2, 0.25) is 0 Å². The summed E-state index contributed by atoms with van der Waals surface area (Å²) < 4.78 is 0. The van der Waals surface area contributed by atoms with E-state index in [0.717, 1.165) is 10.8 Å². The third-order valence-electron chi connectivity index (χ3n) is 3.89. The van der Waals surface area contributed by atoms with Crippen LogP contribution in [0.5, 0.6) is 0 Å². The minimum absolute atomic E-state index is 0.153. The standard InChI is InChI=1S/C12H10O3.C9H13N/c13-11(12(14)15)10-6-5-8-3-1-2-4-9(8)7-10;1-7-4-3-5-9(6-7)8(2)10/h1-7,11,13H,(H,14,15);3-6,8H,10H2,1-2H3/t11-;8-/m00/s1. The smallest absolute Gasteiger partial charge is 0.337 e. The second-order valence-corrected chi connectivity index (χ2v) is 6.05. The van der Waals surface area contributed by atoms with Gasteiger partial charge >= 0.3 is 5.97 Å². The molecular formula is C21H23NO3. The quantitative estimate of drug-likeness (QED) is 0.675. The number of hydrogen-bond donors (Lipinski definition) is 3. The van der Waals surface area contributed by atoms with E-state index in [1.807, 2.05) is 37.3 Å². The molecule has 0 unspecified atom stereocenters. The van der Waals surface area contributed by atoms with E-state index in [4.69, 9.17) is 10.8 Å². The number of aliphatic hydroxyl groups excluding tert-OH is 1. The monoisotopic (exact) mass is 337 g/mol. The van der Waals surface area contributed by atoms with Crippen molar-refractivity contribution < 1.29 is 15.0 Å². The zero-order valence-corrected chi connectivity index (χ0v) is 14.4. The molecule has 0 saturated heterocycles. The van der Waals surface area contributed by atoms with Gasteiger partial charge in [-0.1, -0.05) is 66.2 Å². The molecule has 25 heavy (non-hydrogen) atoms. The van der Waals surface area contributed by atoms with Crippen LogP contribution in [0, 0.1) is 6.92 Å². The molecule has 3 aromatic carbocycles. The number of benzene rings is 3. The predicted molar refractivity (Wildman–Crippen MR) is 100 cm³/mol. The van der Waals surface area contributed by atoms with Crippen LogP contribution in [-0.2, 0) is 4.79 Å². The molecular weight excluding hydrogens is 314 g/mol. The molecule has 0 aliphatic rings. The lowest BCUT2D eigenvalue weighted by Crippen LogP contribution is -2.10. The Morgan fingerprint density at radius 3 is 2.16 bits per heavy atom. The molecule has 0 amide bonds. The Labute approximate surface area is 147 Å². The molecule has 0 aliphatic carbocycles. The van der Waals surface area contributed by atoms with Crippen LogP contribution in [0.25, 0.3) is 10.8 Å². The van der Waals surface area contributed by atoms with Crippen LogP contribution in [0.2, 0.25) is 0 Å². The molecule has 0 radical (unpaired) electrons. The van der Waals surface area contributed by atoms with E-state index in [9.17, 15) is 9.90 Å². The molecule has 130 valence electrons. The summed E-state index contributed by atoms with van der Waals surface area (Å²) in [6.07, 6.45) is -1.45. The highest BCUT2D eigenvalue weighted by molar-refractivity contribution is 5.84. The van der Waals surface area contributed by atoms with Crippen LogP contribution in [-0.4, -0.2) is 16.2 Å². The summed E-state index contributed by atoms with van der Waals surface area (Å²) in [5, 5.41) is 20.0. The van der Waals surface area contributed by atoms with Crippen LogP contribution in [0.4, 0.5) is 0 Å². The van der Waals surface area contributed by atoms with E-state index in [-0.39, 0.29) is 6.04 Å². The molecule has 3 aromatic rings. The maximum atomic E-state index is 10.6. The van der Waals surface area contributed by atoms with E-state index in [0.29, 0.717) is 5.56 Å². The van der Waals surface area contributed by atoms with E-state index < -0.39 is 12.1 Å². The van der Waals surface area contributed by atoms with Crippen molar-refractivity contribution in [1.29, 1.82) is 0 Å². The highest BCUT2D eigenvalue weighted by atomic mass is 16.4. The largest absolute Gasteiger partial charge is 0.479 e. The number of aliphatic carboxylic acids is 1. The molecule has 4 heteroatoms. The number of aliphatic hydroxyl groups is 1. The lowest BCUT2D eigenvalue weighted by molar-refractivity contribution is -0.146. The summed E-state index contributed by atoms with van der Waals surface area (Å²) >= 11 is 0. The normalized spacial score (nSPS) is 12.8. The van der Waals surface area contributed by atoms with Crippen molar-refractivity contribution in [2.45, 2.75) is 26.0 Å². The zero-order chi connectivity index (χ0) is 18.4. The molecule has 0 spiro atoms. The molecule has 0 heterocycles.